The molecule has 0 fully saturated rings. The van der Waals surface area contributed by atoms with E-state index in [4.69, 9.17) is 9.47 Å². The van der Waals surface area contributed by atoms with Crippen molar-refractivity contribution in [2.45, 2.75) is 12.5 Å². The zero-order valence-corrected chi connectivity index (χ0v) is 10.8. The summed E-state index contributed by atoms with van der Waals surface area (Å²) in [6.07, 6.45) is 1.62. The molecule has 0 aromatic carbocycles. The molecule has 0 radical (unpaired) electrons. The van der Waals surface area contributed by atoms with Crippen molar-refractivity contribution >= 4 is 22.3 Å². The number of rotatable bonds is 2. The lowest BCUT2D eigenvalue weighted by atomic mass is 10.0. The molecule has 0 bridgehead atoms. The van der Waals surface area contributed by atoms with Crippen LogP contribution in [0.15, 0.2) is 16.4 Å². The van der Waals surface area contributed by atoms with Crippen LogP contribution in [0.4, 0.5) is 0 Å². The average molecular weight is 282 g/mol. The number of hydrogen-bond donors (Lipinski definition) is 1. The Balaban J connectivity index is 2.28. The van der Waals surface area contributed by atoms with Gasteiger partial charge in [0.15, 0.2) is 4.96 Å². The lowest BCUT2D eigenvalue weighted by Gasteiger charge is -2.19. The quantitative estimate of drug-likeness (QED) is 0.774. The van der Waals surface area contributed by atoms with Crippen LogP contribution in [0.25, 0.3) is 4.96 Å². The fourth-order valence-electron chi connectivity index (χ4n) is 2.04. The molecular weight excluding hydrogens is 272 g/mol. The molecule has 3 heterocycles. The van der Waals surface area contributed by atoms with E-state index in [9.17, 15) is 14.7 Å². The van der Waals surface area contributed by atoms with Gasteiger partial charge in [0, 0.05) is 11.6 Å². The van der Waals surface area contributed by atoms with Crippen molar-refractivity contribution in [3.05, 3.63) is 27.6 Å². The smallest absolute Gasteiger partial charge is 0.348 e. The van der Waals surface area contributed by atoms with Gasteiger partial charge >= 0.3 is 11.5 Å². The van der Waals surface area contributed by atoms with Crippen LogP contribution < -0.4 is 10.3 Å². The highest BCUT2D eigenvalue weighted by atomic mass is 32.1. The van der Waals surface area contributed by atoms with Crippen LogP contribution in [0.2, 0.25) is 0 Å². The molecule has 2 aromatic rings. The van der Waals surface area contributed by atoms with E-state index in [-0.39, 0.29) is 24.7 Å². The summed E-state index contributed by atoms with van der Waals surface area (Å²) in [4.78, 5) is 27.9. The Morgan fingerprint density at radius 2 is 2.53 bits per heavy atom. The van der Waals surface area contributed by atoms with Gasteiger partial charge in [-0.05, 0) is 6.92 Å². The summed E-state index contributed by atoms with van der Waals surface area (Å²) < 4.78 is 11.5. The van der Waals surface area contributed by atoms with Crippen molar-refractivity contribution < 1.29 is 19.4 Å². The molecule has 100 valence electrons. The number of nitrogens with zero attached hydrogens (tertiary/aromatic N) is 2. The van der Waals surface area contributed by atoms with Crippen molar-refractivity contribution in [1.82, 2.24) is 9.38 Å². The number of ether oxygens (including phenoxy) is 2. The number of esters is 1. The second-order valence-electron chi connectivity index (χ2n) is 4.02. The maximum Gasteiger partial charge on any atom is 0.348 e. The molecule has 1 aliphatic heterocycles. The number of fused-ring (bicyclic) bond motifs is 3. The van der Waals surface area contributed by atoms with Crippen molar-refractivity contribution in [1.29, 1.82) is 0 Å². The molecule has 1 unspecified atom stereocenters. The Morgan fingerprint density at radius 1 is 1.74 bits per heavy atom. The highest BCUT2D eigenvalue weighted by Gasteiger charge is 2.50. The molecule has 7 nitrogen and oxygen atoms in total. The van der Waals surface area contributed by atoms with Crippen LogP contribution in [0.3, 0.4) is 0 Å². The van der Waals surface area contributed by atoms with Crippen LogP contribution in [-0.2, 0) is 15.1 Å². The molecule has 3 rings (SSSR count). The Labute approximate surface area is 111 Å². The number of aliphatic hydroxyl groups is 1. The molecule has 1 aliphatic rings. The molecule has 0 saturated carbocycles. The summed E-state index contributed by atoms with van der Waals surface area (Å²) >= 11 is 1.23. The predicted octanol–water partition coefficient (Wildman–Crippen LogP) is -0.101. The molecule has 0 amide bonds. The number of hydrogen-bond acceptors (Lipinski definition) is 7. The van der Waals surface area contributed by atoms with E-state index in [1.165, 1.54) is 15.7 Å². The first-order valence-corrected chi connectivity index (χ1v) is 6.48. The van der Waals surface area contributed by atoms with Crippen LogP contribution in [0.5, 0.6) is 5.75 Å². The second-order valence-corrected chi connectivity index (χ2v) is 4.89. The van der Waals surface area contributed by atoms with Gasteiger partial charge in [-0.1, -0.05) is 0 Å². The Bertz CT molecular complexity index is 721. The topological polar surface area (TPSA) is 90.1 Å². The Kier molecular flexibility index (Phi) is 2.58. The van der Waals surface area contributed by atoms with Gasteiger partial charge in [0.1, 0.15) is 12.3 Å². The summed E-state index contributed by atoms with van der Waals surface area (Å²) in [6, 6.07) is 0. The van der Waals surface area contributed by atoms with E-state index in [1.807, 2.05) is 0 Å². The van der Waals surface area contributed by atoms with Crippen LogP contribution in [-0.4, -0.2) is 33.7 Å². The van der Waals surface area contributed by atoms with Gasteiger partial charge in [-0.2, -0.15) is 4.98 Å². The van der Waals surface area contributed by atoms with Gasteiger partial charge < -0.3 is 14.6 Å². The number of thiazole rings is 1. The zero-order chi connectivity index (χ0) is 13.6. The van der Waals surface area contributed by atoms with E-state index < -0.39 is 17.1 Å². The maximum atomic E-state index is 11.9. The van der Waals surface area contributed by atoms with E-state index in [0.717, 1.165) is 0 Å². The van der Waals surface area contributed by atoms with Gasteiger partial charge in [-0.25, -0.2) is 4.79 Å². The molecule has 0 aliphatic carbocycles. The first kappa shape index (κ1) is 12.1. The van der Waals surface area contributed by atoms with E-state index in [2.05, 4.69) is 4.98 Å². The van der Waals surface area contributed by atoms with Gasteiger partial charge in [0.05, 0.1) is 6.61 Å². The summed E-state index contributed by atoms with van der Waals surface area (Å²) in [7, 11) is 0. The van der Waals surface area contributed by atoms with Gasteiger partial charge in [0.2, 0.25) is 11.4 Å². The van der Waals surface area contributed by atoms with Crippen LogP contribution in [0.1, 0.15) is 12.6 Å². The number of carbonyl (C=O) groups excluding carboxylic acids is 1. The first-order valence-electron chi connectivity index (χ1n) is 5.60. The minimum Gasteiger partial charge on any atom is -0.482 e. The Hall–Kier alpha value is -1.93. The third-order valence-electron chi connectivity index (χ3n) is 2.87. The van der Waals surface area contributed by atoms with Crippen LogP contribution >= 0.6 is 11.3 Å². The third-order valence-corrected chi connectivity index (χ3v) is 3.62. The fourth-order valence-corrected chi connectivity index (χ4v) is 2.75. The summed E-state index contributed by atoms with van der Waals surface area (Å²) in [5.41, 5.74) is -2.49. The van der Waals surface area contributed by atoms with Gasteiger partial charge in [0.25, 0.3) is 0 Å². The summed E-state index contributed by atoms with van der Waals surface area (Å²) in [5.74, 6) is -0.939. The normalized spacial score (nSPS) is 21.2. The lowest BCUT2D eigenvalue weighted by molar-refractivity contribution is -0.167. The van der Waals surface area contributed by atoms with Crippen molar-refractivity contribution in [2.24, 2.45) is 0 Å². The molecule has 8 heteroatoms. The van der Waals surface area contributed by atoms with E-state index >= 15 is 0 Å². The Morgan fingerprint density at radius 3 is 3.26 bits per heavy atom. The summed E-state index contributed by atoms with van der Waals surface area (Å²) in [5, 5.41) is 12.2. The summed E-state index contributed by atoms with van der Waals surface area (Å²) in [6.45, 7) is 1.42. The number of aromatic nitrogens is 2. The highest BCUT2D eigenvalue weighted by Crippen LogP contribution is 2.36. The van der Waals surface area contributed by atoms with Crippen molar-refractivity contribution in [2.75, 3.05) is 13.2 Å². The second kappa shape index (κ2) is 4.04. The fraction of sp³-hybridized carbons (Fsp3) is 0.364. The van der Waals surface area contributed by atoms with E-state index in [1.54, 1.807) is 18.5 Å². The lowest BCUT2D eigenvalue weighted by Crippen LogP contribution is -2.40. The average Bonchev–Trinajstić information content (AvgIpc) is 2.95. The highest BCUT2D eigenvalue weighted by molar-refractivity contribution is 7.15. The van der Waals surface area contributed by atoms with Crippen molar-refractivity contribution in [3.8, 4) is 5.75 Å². The molecular formula is C11H10N2O5S. The minimum absolute atomic E-state index is 0.0854. The third kappa shape index (κ3) is 1.57. The predicted molar refractivity (Wildman–Crippen MR) is 65.4 cm³/mol. The molecule has 1 atom stereocenters. The van der Waals surface area contributed by atoms with Crippen molar-refractivity contribution in [3.63, 3.8) is 0 Å². The van der Waals surface area contributed by atoms with Gasteiger partial charge in [-0.3, -0.25) is 9.20 Å². The first-order chi connectivity index (χ1) is 9.08. The molecule has 2 aromatic heterocycles. The van der Waals surface area contributed by atoms with Gasteiger partial charge in [-0.15, -0.1) is 11.3 Å². The molecule has 0 spiro atoms. The zero-order valence-electron chi connectivity index (χ0n) is 9.95. The van der Waals surface area contributed by atoms with E-state index in [0.29, 0.717) is 4.96 Å². The minimum atomic E-state index is -1.97. The largest absolute Gasteiger partial charge is 0.482 e. The molecule has 19 heavy (non-hydrogen) atoms. The number of carbonyl (C=O) groups is 1. The monoisotopic (exact) mass is 282 g/mol. The molecule has 1 N–H and O–H groups in total. The van der Waals surface area contributed by atoms with Crippen LogP contribution in [0, 0.1) is 0 Å². The standard InChI is InChI=1S/C11H10N2O5S/c1-2-17-9(15)11(16)5-18-6-7(11)13-3-4-19-10(13)12-8(6)14/h3-4,16H,2,5H2,1H3. The maximum absolute atomic E-state index is 11.9. The SMILES string of the molecule is CCOC(=O)C1(O)COc2c1n1ccsc1nc2=O. The molecule has 0 saturated heterocycles.